The number of carboxylic acids is 1. The summed E-state index contributed by atoms with van der Waals surface area (Å²) in [4.78, 5) is 17.7. The molecule has 2 aromatic rings. The molecular weight excluding hydrogens is 290 g/mol. The fourth-order valence-electron chi connectivity index (χ4n) is 2.28. The second-order valence-corrected chi connectivity index (χ2v) is 6.46. The SMILES string of the molecule is CC(C)c1nc(CN2CC(n3cc(C(=O)O)nn3)C2)cs1. The van der Waals surface area contributed by atoms with Crippen molar-refractivity contribution in [3.8, 4) is 0 Å². The maximum atomic E-state index is 10.8. The molecule has 0 radical (unpaired) electrons. The van der Waals surface area contributed by atoms with Crippen molar-refractivity contribution in [2.24, 2.45) is 0 Å². The standard InChI is InChI=1S/C13H17N5O2S/c1-8(2)12-14-9(7-21-12)3-17-4-10(5-17)18-6-11(13(19)20)15-16-18/h6-8,10H,3-5H2,1-2H3,(H,19,20). The Morgan fingerprint density at radius 1 is 1.52 bits per heavy atom. The monoisotopic (exact) mass is 307 g/mol. The number of hydrogen-bond donors (Lipinski definition) is 1. The van der Waals surface area contributed by atoms with Crippen molar-refractivity contribution in [2.75, 3.05) is 13.1 Å². The third-order valence-electron chi connectivity index (χ3n) is 3.49. The van der Waals surface area contributed by atoms with Crippen molar-refractivity contribution < 1.29 is 9.90 Å². The topological polar surface area (TPSA) is 84.1 Å². The Kier molecular flexibility index (Phi) is 3.73. The fourth-order valence-corrected chi connectivity index (χ4v) is 3.11. The minimum atomic E-state index is -1.04. The van der Waals surface area contributed by atoms with Crippen LogP contribution in [0, 0.1) is 0 Å². The van der Waals surface area contributed by atoms with Gasteiger partial charge in [-0.05, 0) is 0 Å². The summed E-state index contributed by atoms with van der Waals surface area (Å²) >= 11 is 1.71. The van der Waals surface area contributed by atoms with E-state index >= 15 is 0 Å². The lowest BCUT2D eigenvalue weighted by molar-refractivity contribution is 0.0690. The maximum absolute atomic E-state index is 10.8. The minimum Gasteiger partial charge on any atom is -0.476 e. The summed E-state index contributed by atoms with van der Waals surface area (Å²) < 4.78 is 1.64. The number of rotatable bonds is 5. The number of thiazole rings is 1. The molecule has 1 fully saturated rings. The Morgan fingerprint density at radius 2 is 2.29 bits per heavy atom. The summed E-state index contributed by atoms with van der Waals surface area (Å²) in [6.07, 6.45) is 1.49. The van der Waals surface area contributed by atoms with E-state index in [1.54, 1.807) is 16.0 Å². The zero-order valence-corrected chi connectivity index (χ0v) is 12.7. The van der Waals surface area contributed by atoms with E-state index in [9.17, 15) is 4.79 Å². The van der Waals surface area contributed by atoms with E-state index in [0.29, 0.717) is 5.92 Å². The molecule has 2 aromatic heterocycles. The van der Waals surface area contributed by atoms with Gasteiger partial charge in [-0.15, -0.1) is 16.4 Å². The Balaban J connectivity index is 1.54. The first-order chi connectivity index (χ1) is 10.0. The number of nitrogens with zero attached hydrogens (tertiary/aromatic N) is 5. The second-order valence-electron chi connectivity index (χ2n) is 5.57. The summed E-state index contributed by atoms with van der Waals surface area (Å²) in [5, 5.41) is 19.6. The molecule has 0 aromatic carbocycles. The summed E-state index contributed by atoms with van der Waals surface area (Å²) in [6.45, 7) is 6.81. The van der Waals surface area contributed by atoms with Gasteiger partial charge in [0, 0.05) is 30.9 Å². The van der Waals surface area contributed by atoms with E-state index in [4.69, 9.17) is 5.11 Å². The number of aromatic carboxylic acids is 1. The minimum absolute atomic E-state index is 0.00507. The van der Waals surface area contributed by atoms with Gasteiger partial charge < -0.3 is 5.11 Å². The molecular formula is C13H17N5O2S. The molecule has 0 saturated carbocycles. The van der Waals surface area contributed by atoms with Crippen LogP contribution in [0.3, 0.4) is 0 Å². The van der Waals surface area contributed by atoms with Gasteiger partial charge in [-0.25, -0.2) is 14.5 Å². The lowest BCUT2D eigenvalue weighted by Gasteiger charge is -2.38. The Bertz CT molecular complexity index is 645. The Hall–Kier alpha value is -1.80. The predicted octanol–water partition coefficient (Wildman–Crippen LogP) is 1.61. The van der Waals surface area contributed by atoms with Crippen molar-refractivity contribution in [1.82, 2.24) is 24.9 Å². The predicted molar refractivity (Wildman–Crippen MR) is 77.5 cm³/mol. The largest absolute Gasteiger partial charge is 0.476 e. The van der Waals surface area contributed by atoms with Crippen molar-refractivity contribution in [3.63, 3.8) is 0 Å². The molecule has 1 saturated heterocycles. The van der Waals surface area contributed by atoms with Crippen LogP contribution < -0.4 is 0 Å². The highest BCUT2D eigenvalue weighted by Crippen LogP contribution is 2.25. The van der Waals surface area contributed by atoms with E-state index < -0.39 is 5.97 Å². The van der Waals surface area contributed by atoms with Crippen LogP contribution in [0.2, 0.25) is 0 Å². The summed E-state index contributed by atoms with van der Waals surface area (Å²) in [7, 11) is 0. The molecule has 3 heterocycles. The van der Waals surface area contributed by atoms with Crippen molar-refractivity contribution in [2.45, 2.75) is 32.4 Å². The Labute approximate surface area is 126 Å². The van der Waals surface area contributed by atoms with E-state index in [2.05, 4.69) is 39.4 Å². The summed E-state index contributed by atoms with van der Waals surface area (Å²) in [6, 6.07) is 0.203. The third-order valence-corrected chi connectivity index (χ3v) is 4.68. The van der Waals surface area contributed by atoms with Crippen LogP contribution in [0.5, 0.6) is 0 Å². The van der Waals surface area contributed by atoms with Crippen LogP contribution in [0.4, 0.5) is 0 Å². The zero-order chi connectivity index (χ0) is 15.0. The molecule has 0 atom stereocenters. The molecule has 1 aliphatic rings. The molecule has 0 bridgehead atoms. The first-order valence-corrected chi connectivity index (χ1v) is 7.72. The van der Waals surface area contributed by atoms with Crippen molar-refractivity contribution in [1.29, 1.82) is 0 Å². The van der Waals surface area contributed by atoms with Crippen molar-refractivity contribution >= 4 is 17.3 Å². The first-order valence-electron chi connectivity index (χ1n) is 6.84. The molecule has 0 spiro atoms. The van der Waals surface area contributed by atoms with Gasteiger partial charge in [-0.2, -0.15) is 0 Å². The summed E-state index contributed by atoms with van der Waals surface area (Å²) in [5.41, 5.74) is 1.10. The van der Waals surface area contributed by atoms with Gasteiger partial charge in [0.2, 0.25) is 0 Å². The molecule has 21 heavy (non-hydrogen) atoms. The van der Waals surface area contributed by atoms with Gasteiger partial charge in [-0.1, -0.05) is 19.1 Å². The van der Waals surface area contributed by atoms with E-state index in [1.165, 1.54) is 11.2 Å². The van der Waals surface area contributed by atoms with E-state index in [0.717, 1.165) is 25.3 Å². The molecule has 0 aliphatic carbocycles. The quantitative estimate of drug-likeness (QED) is 0.903. The highest BCUT2D eigenvalue weighted by molar-refractivity contribution is 7.09. The average Bonchev–Trinajstić information content (AvgIpc) is 3.02. The molecule has 7 nitrogen and oxygen atoms in total. The number of likely N-dealkylation sites (tertiary alicyclic amines) is 1. The van der Waals surface area contributed by atoms with Gasteiger partial charge in [0.15, 0.2) is 5.69 Å². The van der Waals surface area contributed by atoms with Gasteiger partial charge in [0.25, 0.3) is 0 Å². The third kappa shape index (κ3) is 2.96. The average molecular weight is 307 g/mol. The number of carboxylic acid groups (broad SMARTS) is 1. The fraction of sp³-hybridized carbons (Fsp3) is 0.538. The Morgan fingerprint density at radius 3 is 2.86 bits per heavy atom. The molecule has 112 valence electrons. The highest BCUT2D eigenvalue weighted by atomic mass is 32.1. The van der Waals surface area contributed by atoms with Gasteiger partial charge in [-0.3, -0.25) is 4.90 Å². The molecule has 3 rings (SSSR count). The zero-order valence-electron chi connectivity index (χ0n) is 11.9. The highest BCUT2D eigenvalue weighted by Gasteiger charge is 2.30. The van der Waals surface area contributed by atoms with Crippen LogP contribution in [0.1, 0.15) is 47.0 Å². The maximum Gasteiger partial charge on any atom is 0.358 e. The molecule has 0 unspecified atom stereocenters. The van der Waals surface area contributed by atoms with E-state index in [-0.39, 0.29) is 11.7 Å². The number of carbonyl (C=O) groups is 1. The van der Waals surface area contributed by atoms with Gasteiger partial charge in [0.1, 0.15) is 0 Å². The number of hydrogen-bond acceptors (Lipinski definition) is 6. The van der Waals surface area contributed by atoms with Gasteiger partial charge in [0.05, 0.1) is 22.9 Å². The second kappa shape index (κ2) is 5.53. The van der Waals surface area contributed by atoms with Gasteiger partial charge >= 0.3 is 5.97 Å². The molecule has 8 heteroatoms. The van der Waals surface area contributed by atoms with Crippen molar-refractivity contribution in [3.05, 3.63) is 28.0 Å². The normalized spacial score (nSPS) is 16.3. The lowest BCUT2D eigenvalue weighted by atomic mass is 10.1. The van der Waals surface area contributed by atoms with Crippen LogP contribution >= 0.6 is 11.3 Å². The molecule has 1 aliphatic heterocycles. The first kappa shape index (κ1) is 14.2. The van der Waals surface area contributed by atoms with Crippen LogP contribution in [0.15, 0.2) is 11.6 Å². The number of aromatic nitrogens is 4. The van der Waals surface area contributed by atoms with Crippen LogP contribution in [-0.4, -0.2) is 49.0 Å². The van der Waals surface area contributed by atoms with E-state index in [1.807, 2.05) is 0 Å². The lowest BCUT2D eigenvalue weighted by Crippen LogP contribution is -2.47. The van der Waals surface area contributed by atoms with Crippen LogP contribution in [0.25, 0.3) is 0 Å². The summed E-state index contributed by atoms with van der Waals surface area (Å²) in [5.74, 6) is -0.571. The molecule has 0 amide bonds. The smallest absolute Gasteiger partial charge is 0.358 e. The van der Waals surface area contributed by atoms with Crippen LogP contribution in [-0.2, 0) is 6.54 Å². The molecule has 1 N–H and O–H groups in total.